The van der Waals surface area contributed by atoms with Gasteiger partial charge in [0.1, 0.15) is 0 Å². The van der Waals surface area contributed by atoms with Crippen LogP contribution in [0.4, 0.5) is 0 Å². The van der Waals surface area contributed by atoms with Crippen LogP contribution in [0.5, 0.6) is 0 Å². The Morgan fingerprint density at radius 1 is 1.53 bits per heavy atom. The van der Waals surface area contributed by atoms with Gasteiger partial charge in [-0.05, 0) is 19.1 Å². The Bertz CT molecular complexity index is 591. The molecule has 0 aliphatic rings. The third kappa shape index (κ3) is 2.57. The summed E-state index contributed by atoms with van der Waals surface area (Å²) in [6.07, 6.45) is 0.319. The fourth-order valence-electron chi connectivity index (χ4n) is 1.57. The minimum atomic E-state index is -0.203. The van der Waals surface area contributed by atoms with E-state index in [1.165, 1.54) is 11.3 Å². The maximum Gasteiger partial charge on any atom is 0.254 e. The smallest absolute Gasteiger partial charge is 0.254 e. The predicted molar refractivity (Wildman–Crippen MR) is 68.7 cm³/mol. The highest BCUT2D eigenvalue weighted by Gasteiger charge is 2.10. The van der Waals surface area contributed by atoms with Crippen LogP contribution in [-0.2, 0) is 6.42 Å². The second kappa shape index (κ2) is 5.00. The van der Waals surface area contributed by atoms with Crippen LogP contribution in [0.2, 0.25) is 4.34 Å². The molecule has 17 heavy (non-hydrogen) atoms. The molecule has 0 atom stereocenters. The fourth-order valence-corrected chi connectivity index (χ4v) is 2.56. The van der Waals surface area contributed by atoms with E-state index < -0.39 is 0 Å². The van der Waals surface area contributed by atoms with Crippen molar-refractivity contribution in [3.63, 3.8) is 0 Å². The van der Waals surface area contributed by atoms with Crippen molar-refractivity contribution in [1.82, 2.24) is 9.97 Å². The van der Waals surface area contributed by atoms with Crippen LogP contribution >= 0.6 is 22.9 Å². The highest BCUT2D eigenvalue weighted by molar-refractivity contribution is 7.19. The summed E-state index contributed by atoms with van der Waals surface area (Å²) in [5.74, 6) is 0.520. The third-order valence-corrected chi connectivity index (χ3v) is 3.63. The van der Waals surface area contributed by atoms with Crippen LogP contribution < -0.4 is 5.56 Å². The highest BCUT2D eigenvalue weighted by atomic mass is 35.5. The number of thiophene rings is 1. The third-order valence-electron chi connectivity index (χ3n) is 2.39. The molecule has 4 nitrogen and oxygen atoms in total. The highest BCUT2D eigenvalue weighted by Crippen LogP contribution is 2.28. The van der Waals surface area contributed by atoms with Gasteiger partial charge in [0, 0.05) is 24.3 Å². The predicted octanol–water partition coefficient (Wildman–Crippen LogP) is 2.00. The lowest BCUT2D eigenvalue weighted by atomic mass is 10.2. The second-order valence-electron chi connectivity index (χ2n) is 3.56. The van der Waals surface area contributed by atoms with Crippen LogP contribution in [0.1, 0.15) is 11.3 Å². The molecule has 0 fully saturated rings. The number of nitrogens with one attached hydrogen (secondary N) is 1. The van der Waals surface area contributed by atoms with Crippen LogP contribution in [0.25, 0.3) is 10.7 Å². The van der Waals surface area contributed by atoms with E-state index in [4.69, 9.17) is 16.7 Å². The summed E-state index contributed by atoms with van der Waals surface area (Å²) in [4.78, 5) is 19.6. The monoisotopic (exact) mass is 270 g/mol. The summed E-state index contributed by atoms with van der Waals surface area (Å²) in [5, 5.41) is 8.86. The molecule has 0 bridgehead atoms. The summed E-state index contributed by atoms with van der Waals surface area (Å²) >= 11 is 7.20. The van der Waals surface area contributed by atoms with E-state index in [9.17, 15) is 4.79 Å². The number of hydrogen-bond acceptors (Lipinski definition) is 4. The number of aromatic amines is 1. The van der Waals surface area contributed by atoms with Gasteiger partial charge in [-0.1, -0.05) is 11.6 Å². The number of aryl methyl sites for hydroxylation is 1. The van der Waals surface area contributed by atoms with Gasteiger partial charge in [-0.15, -0.1) is 11.3 Å². The first-order valence-corrected chi connectivity index (χ1v) is 6.27. The summed E-state index contributed by atoms with van der Waals surface area (Å²) in [6.45, 7) is 1.70. The van der Waals surface area contributed by atoms with Gasteiger partial charge >= 0.3 is 0 Å². The van der Waals surface area contributed by atoms with Crippen molar-refractivity contribution in [3.8, 4) is 10.7 Å². The van der Waals surface area contributed by atoms with E-state index in [2.05, 4.69) is 9.97 Å². The molecule has 0 saturated heterocycles. The minimum absolute atomic E-state index is 0.0597. The van der Waals surface area contributed by atoms with Gasteiger partial charge in [0.15, 0.2) is 5.82 Å². The lowest BCUT2D eigenvalue weighted by molar-refractivity contribution is 0.298. The molecule has 2 aromatic heterocycles. The van der Waals surface area contributed by atoms with E-state index in [0.29, 0.717) is 27.8 Å². The van der Waals surface area contributed by atoms with E-state index in [1.54, 1.807) is 13.0 Å². The molecule has 0 aliphatic carbocycles. The van der Waals surface area contributed by atoms with Crippen LogP contribution in [0.3, 0.4) is 0 Å². The molecule has 0 aromatic carbocycles. The van der Waals surface area contributed by atoms with Crippen molar-refractivity contribution in [2.75, 3.05) is 6.61 Å². The molecule has 0 spiro atoms. The Kier molecular flexibility index (Phi) is 3.61. The van der Waals surface area contributed by atoms with Crippen molar-refractivity contribution in [2.45, 2.75) is 13.3 Å². The average Bonchev–Trinajstić information content (AvgIpc) is 2.70. The topological polar surface area (TPSA) is 66.0 Å². The second-order valence-corrected chi connectivity index (χ2v) is 5.27. The molecule has 2 rings (SSSR count). The summed E-state index contributed by atoms with van der Waals surface area (Å²) in [5.41, 5.74) is 0.965. The van der Waals surface area contributed by atoms with E-state index in [-0.39, 0.29) is 12.2 Å². The maximum absolute atomic E-state index is 11.8. The Balaban J connectivity index is 2.49. The SMILES string of the molecule is Cc1nc(-c2ccc(Cl)s2)[nH]c(=O)c1CCO. The Labute approximate surface area is 107 Å². The van der Waals surface area contributed by atoms with Gasteiger partial charge < -0.3 is 10.1 Å². The molecule has 0 amide bonds. The lowest BCUT2D eigenvalue weighted by Crippen LogP contribution is -2.18. The zero-order chi connectivity index (χ0) is 12.4. The number of halogens is 1. The molecular formula is C11H11ClN2O2S. The maximum atomic E-state index is 11.8. The Morgan fingerprint density at radius 3 is 2.82 bits per heavy atom. The molecule has 0 radical (unpaired) electrons. The van der Waals surface area contributed by atoms with Crippen LogP contribution in [0.15, 0.2) is 16.9 Å². The van der Waals surface area contributed by atoms with E-state index in [1.807, 2.05) is 6.07 Å². The first-order chi connectivity index (χ1) is 8.11. The largest absolute Gasteiger partial charge is 0.396 e. The van der Waals surface area contributed by atoms with Crippen molar-refractivity contribution < 1.29 is 5.11 Å². The van der Waals surface area contributed by atoms with Crippen LogP contribution in [0, 0.1) is 6.92 Å². The number of rotatable bonds is 3. The number of aliphatic hydroxyl groups is 1. The van der Waals surface area contributed by atoms with E-state index >= 15 is 0 Å². The number of hydrogen-bond donors (Lipinski definition) is 2. The fraction of sp³-hybridized carbons (Fsp3) is 0.273. The number of aliphatic hydroxyl groups excluding tert-OH is 1. The molecule has 2 N–H and O–H groups in total. The van der Waals surface area contributed by atoms with Gasteiger partial charge in [0.25, 0.3) is 5.56 Å². The normalized spacial score (nSPS) is 10.8. The van der Waals surface area contributed by atoms with Crippen molar-refractivity contribution in [2.24, 2.45) is 0 Å². The first-order valence-electron chi connectivity index (χ1n) is 5.08. The number of nitrogens with zero attached hydrogens (tertiary/aromatic N) is 1. The zero-order valence-electron chi connectivity index (χ0n) is 9.16. The van der Waals surface area contributed by atoms with Crippen LogP contribution in [-0.4, -0.2) is 21.7 Å². The number of H-pyrrole nitrogens is 1. The molecule has 0 saturated carbocycles. The molecule has 0 aliphatic heterocycles. The van der Waals surface area contributed by atoms with Gasteiger partial charge in [-0.3, -0.25) is 4.79 Å². The van der Waals surface area contributed by atoms with Gasteiger partial charge in [0.2, 0.25) is 0 Å². The average molecular weight is 271 g/mol. The van der Waals surface area contributed by atoms with E-state index in [0.717, 1.165) is 4.88 Å². The quantitative estimate of drug-likeness (QED) is 0.896. The molecule has 2 heterocycles. The molecular weight excluding hydrogens is 260 g/mol. The summed E-state index contributed by atoms with van der Waals surface area (Å²) in [7, 11) is 0. The summed E-state index contributed by atoms with van der Waals surface area (Å²) < 4.78 is 0.653. The van der Waals surface area contributed by atoms with Crippen molar-refractivity contribution in [1.29, 1.82) is 0 Å². The summed E-state index contributed by atoms with van der Waals surface area (Å²) in [6, 6.07) is 3.58. The number of aromatic nitrogens is 2. The lowest BCUT2D eigenvalue weighted by Gasteiger charge is -2.04. The molecule has 90 valence electrons. The van der Waals surface area contributed by atoms with Gasteiger partial charge in [-0.2, -0.15) is 0 Å². The van der Waals surface area contributed by atoms with Gasteiger partial charge in [-0.25, -0.2) is 4.98 Å². The van der Waals surface area contributed by atoms with Gasteiger partial charge in [0.05, 0.1) is 9.21 Å². The standard InChI is InChI=1S/C11H11ClN2O2S/c1-6-7(4-5-15)11(16)14-10(13-6)8-2-3-9(12)17-8/h2-3,15H,4-5H2,1H3,(H,13,14,16). The minimum Gasteiger partial charge on any atom is -0.396 e. The van der Waals surface area contributed by atoms with Crippen molar-refractivity contribution >= 4 is 22.9 Å². The molecule has 0 unspecified atom stereocenters. The first kappa shape index (κ1) is 12.3. The molecule has 6 heteroatoms. The molecule has 2 aromatic rings. The van der Waals surface area contributed by atoms with Crippen molar-refractivity contribution in [3.05, 3.63) is 38.1 Å². The zero-order valence-corrected chi connectivity index (χ0v) is 10.7. The Morgan fingerprint density at radius 2 is 2.29 bits per heavy atom. The Hall–Kier alpha value is -1.17.